The lowest BCUT2D eigenvalue weighted by atomic mass is 10.2. The number of H-pyrrole nitrogens is 1. The smallest absolute Gasteiger partial charge is 0.276 e. The molecule has 0 aliphatic carbocycles. The Morgan fingerprint density at radius 3 is 2.64 bits per heavy atom. The van der Waals surface area contributed by atoms with Crippen molar-refractivity contribution in [3.8, 4) is 17.2 Å². The lowest BCUT2D eigenvalue weighted by Gasteiger charge is -2.33. The van der Waals surface area contributed by atoms with Crippen LogP contribution in [-0.4, -0.2) is 83.7 Å². The summed E-state index contributed by atoms with van der Waals surface area (Å²) in [6.07, 6.45) is 1.40. The van der Waals surface area contributed by atoms with Crippen LogP contribution in [0.25, 0.3) is 0 Å². The minimum Gasteiger partial charge on any atom is -0.494 e. The normalized spacial score (nSPS) is 16.1. The third-order valence-electron chi connectivity index (χ3n) is 4.63. The van der Waals surface area contributed by atoms with E-state index in [0.29, 0.717) is 54.8 Å². The van der Waals surface area contributed by atoms with E-state index < -0.39 is 0 Å². The van der Waals surface area contributed by atoms with Crippen LogP contribution in [0.15, 0.2) is 18.3 Å². The fraction of sp³-hybridized carbons (Fsp3) is 0.412. The molecule has 11 nitrogen and oxygen atoms in total. The van der Waals surface area contributed by atoms with Gasteiger partial charge in [-0.25, -0.2) is 0 Å². The quantitative estimate of drug-likeness (QED) is 0.731. The van der Waals surface area contributed by atoms with Crippen molar-refractivity contribution in [1.29, 1.82) is 0 Å². The van der Waals surface area contributed by atoms with Crippen molar-refractivity contribution in [2.45, 2.75) is 0 Å². The first-order chi connectivity index (χ1) is 13.6. The average Bonchev–Trinajstić information content (AvgIpc) is 3.39. The number of hydrogen-bond donors (Lipinski definition) is 2. The van der Waals surface area contributed by atoms with Crippen molar-refractivity contribution >= 4 is 17.5 Å². The van der Waals surface area contributed by atoms with Gasteiger partial charge in [-0.2, -0.15) is 15.4 Å². The summed E-state index contributed by atoms with van der Waals surface area (Å²) in [7, 11) is 1.53. The van der Waals surface area contributed by atoms with E-state index in [-0.39, 0.29) is 25.2 Å². The number of ether oxygens (including phenoxy) is 3. The van der Waals surface area contributed by atoms with Crippen molar-refractivity contribution < 1.29 is 23.8 Å². The van der Waals surface area contributed by atoms with Crippen molar-refractivity contribution in [3.63, 3.8) is 0 Å². The predicted molar refractivity (Wildman–Crippen MR) is 96.5 cm³/mol. The van der Waals surface area contributed by atoms with Gasteiger partial charge in [0.25, 0.3) is 5.91 Å². The molecule has 0 spiro atoms. The van der Waals surface area contributed by atoms with E-state index in [2.05, 4.69) is 20.7 Å². The number of rotatable bonds is 5. The molecule has 1 aromatic carbocycles. The van der Waals surface area contributed by atoms with Crippen LogP contribution in [0.3, 0.4) is 0 Å². The highest BCUT2D eigenvalue weighted by Gasteiger charge is 2.25. The Balaban J connectivity index is 1.31. The molecule has 1 aromatic heterocycles. The van der Waals surface area contributed by atoms with Crippen molar-refractivity contribution in [1.82, 2.24) is 25.2 Å². The number of aromatic nitrogens is 3. The van der Waals surface area contributed by atoms with Gasteiger partial charge in [-0.15, -0.1) is 0 Å². The van der Waals surface area contributed by atoms with Crippen LogP contribution in [0, 0.1) is 0 Å². The van der Waals surface area contributed by atoms with Crippen molar-refractivity contribution in [3.05, 3.63) is 24.0 Å². The highest BCUT2D eigenvalue weighted by Crippen LogP contribution is 2.40. The van der Waals surface area contributed by atoms with Crippen LogP contribution in [0.5, 0.6) is 17.2 Å². The maximum Gasteiger partial charge on any atom is 0.276 e. The van der Waals surface area contributed by atoms with E-state index in [1.54, 1.807) is 17.0 Å². The molecule has 1 saturated heterocycles. The number of carbonyl (C=O) groups excluding carboxylic acids is 2. The van der Waals surface area contributed by atoms with Crippen LogP contribution in [-0.2, 0) is 4.79 Å². The second-order valence-corrected chi connectivity index (χ2v) is 6.38. The lowest BCUT2D eigenvalue weighted by Crippen LogP contribution is -2.50. The molecule has 2 aromatic rings. The first-order valence-electron chi connectivity index (χ1n) is 8.79. The number of piperazine rings is 1. The summed E-state index contributed by atoms with van der Waals surface area (Å²) in [5.74, 6) is 1.32. The number of fused-ring (bicyclic) bond motifs is 1. The van der Waals surface area contributed by atoms with E-state index in [1.807, 2.05) is 4.90 Å². The molecule has 0 bridgehead atoms. The molecular weight excluding hydrogens is 368 g/mol. The van der Waals surface area contributed by atoms with Gasteiger partial charge in [0, 0.05) is 38.3 Å². The molecule has 2 aliphatic rings. The zero-order chi connectivity index (χ0) is 19.5. The molecule has 1 fully saturated rings. The third-order valence-corrected chi connectivity index (χ3v) is 4.63. The predicted octanol–water partition coefficient (Wildman–Crippen LogP) is -0.0615. The lowest BCUT2D eigenvalue weighted by molar-refractivity contribution is -0.117. The van der Waals surface area contributed by atoms with Crippen LogP contribution >= 0.6 is 0 Å². The van der Waals surface area contributed by atoms with Gasteiger partial charge in [0.1, 0.15) is 5.75 Å². The molecule has 0 unspecified atom stereocenters. The molecular formula is C17H20N6O5. The van der Waals surface area contributed by atoms with Gasteiger partial charge in [0.05, 0.1) is 25.5 Å². The van der Waals surface area contributed by atoms with Gasteiger partial charge >= 0.3 is 0 Å². The monoisotopic (exact) mass is 388 g/mol. The third kappa shape index (κ3) is 3.69. The van der Waals surface area contributed by atoms with Gasteiger partial charge in [-0.05, 0) is 0 Å². The Labute approximate surface area is 160 Å². The highest BCUT2D eigenvalue weighted by atomic mass is 16.7. The van der Waals surface area contributed by atoms with E-state index in [0.717, 1.165) is 0 Å². The fourth-order valence-corrected chi connectivity index (χ4v) is 3.16. The minimum atomic E-state index is -0.173. The molecule has 4 rings (SSSR count). The summed E-state index contributed by atoms with van der Waals surface area (Å²) in [4.78, 5) is 28.4. The molecule has 2 aliphatic heterocycles. The molecule has 148 valence electrons. The van der Waals surface area contributed by atoms with Crippen LogP contribution < -0.4 is 19.5 Å². The Morgan fingerprint density at radius 1 is 1.21 bits per heavy atom. The maximum absolute atomic E-state index is 12.5. The van der Waals surface area contributed by atoms with Crippen molar-refractivity contribution in [2.75, 3.05) is 51.9 Å². The molecule has 0 saturated carbocycles. The molecule has 28 heavy (non-hydrogen) atoms. The Morgan fingerprint density at radius 2 is 1.96 bits per heavy atom. The Kier molecular flexibility index (Phi) is 4.98. The zero-order valence-electron chi connectivity index (χ0n) is 15.3. The minimum absolute atomic E-state index is 0.146. The summed E-state index contributed by atoms with van der Waals surface area (Å²) in [6.45, 7) is 2.58. The Bertz CT molecular complexity index is 863. The second-order valence-electron chi connectivity index (χ2n) is 6.38. The van der Waals surface area contributed by atoms with Gasteiger partial charge in [-0.3, -0.25) is 14.5 Å². The van der Waals surface area contributed by atoms with E-state index >= 15 is 0 Å². The number of hydrogen-bond acceptors (Lipinski definition) is 8. The first kappa shape index (κ1) is 18.0. The average molecular weight is 388 g/mol. The van der Waals surface area contributed by atoms with Crippen LogP contribution in [0.2, 0.25) is 0 Å². The van der Waals surface area contributed by atoms with Crippen molar-refractivity contribution in [2.24, 2.45) is 0 Å². The summed E-state index contributed by atoms with van der Waals surface area (Å²) in [6, 6.07) is 3.37. The summed E-state index contributed by atoms with van der Waals surface area (Å²) >= 11 is 0. The van der Waals surface area contributed by atoms with E-state index in [9.17, 15) is 9.59 Å². The summed E-state index contributed by atoms with van der Waals surface area (Å²) < 4.78 is 16.0. The topological polar surface area (TPSA) is 122 Å². The van der Waals surface area contributed by atoms with Gasteiger partial charge in [0.2, 0.25) is 12.7 Å². The number of methoxy groups -OCH3 is 1. The summed E-state index contributed by atoms with van der Waals surface area (Å²) in [5, 5.41) is 12.8. The van der Waals surface area contributed by atoms with E-state index in [4.69, 9.17) is 14.2 Å². The maximum atomic E-state index is 12.5. The molecule has 2 N–H and O–H groups in total. The molecule has 2 amide bonds. The number of nitrogens with zero attached hydrogens (tertiary/aromatic N) is 4. The first-order valence-corrected chi connectivity index (χ1v) is 8.79. The molecule has 3 heterocycles. The number of anilines is 1. The molecule has 11 heteroatoms. The van der Waals surface area contributed by atoms with E-state index in [1.165, 1.54) is 13.3 Å². The highest BCUT2D eigenvalue weighted by molar-refractivity contribution is 5.94. The Hall–Kier alpha value is -3.34. The zero-order valence-corrected chi connectivity index (χ0v) is 15.3. The van der Waals surface area contributed by atoms with Gasteiger partial charge < -0.3 is 24.4 Å². The van der Waals surface area contributed by atoms with Gasteiger partial charge in [0.15, 0.2) is 17.2 Å². The fourth-order valence-electron chi connectivity index (χ4n) is 3.16. The second kappa shape index (κ2) is 7.72. The number of benzene rings is 1. The SMILES string of the molecule is COc1cc2c(cc1NC(=O)CN1CCN(C(=O)c3cn[nH]n3)CC1)OCO2. The standard InChI is InChI=1S/C17H20N6O5/c1-26-13-7-15-14(27-10-28-15)6-11(13)19-16(24)9-22-2-4-23(5-3-22)17(25)12-8-18-21-20-12/h6-8H,2-5,9-10H2,1H3,(H,19,24)(H,18,20,21). The number of nitrogens with one attached hydrogen (secondary N) is 2. The van der Waals surface area contributed by atoms with Crippen LogP contribution in [0.1, 0.15) is 10.5 Å². The number of carbonyl (C=O) groups is 2. The van der Waals surface area contributed by atoms with Gasteiger partial charge in [-0.1, -0.05) is 0 Å². The summed E-state index contributed by atoms with van der Waals surface area (Å²) in [5.41, 5.74) is 0.817. The number of amides is 2. The molecule has 0 atom stereocenters. The molecule has 0 radical (unpaired) electrons. The largest absolute Gasteiger partial charge is 0.494 e. The van der Waals surface area contributed by atoms with Crippen LogP contribution in [0.4, 0.5) is 5.69 Å². The number of aromatic amines is 1.